The summed E-state index contributed by atoms with van der Waals surface area (Å²) in [5, 5.41) is 5.55. The van der Waals surface area contributed by atoms with E-state index in [2.05, 4.69) is 23.8 Å². The van der Waals surface area contributed by atoms with E-state index >= 15 is 0 Å². The number of hydrogen-bond acceptors (Lipinski definition) is 4. The second kappa shape index (κ2) is 8.31. The highest BCUT2D eigenvalue weighted by Crippen LogP contribution is 2.33. The number of aryl methyl sites for hydroxylation is 1. The van der Waals surface area contributed by atoms with Gasteiger partial charge < -0.3 is 4.90 Å². The molecule has 0 aliphatic carbocycles. The Balaban J connectivity index is 2.31. The van der Waals surface area contributed by atoms with Crippen molar-refractivity contribution in [3.05, 3.63) is 43.2 Å². The van der Waals surface area contributed by atoms with Crippen molar-refractivity contribution < 1.29 is 0 Å². The summed E-state index contributed by atoms with van der Waals surface area (Å²) in [6.07, 6.45) is 1.92. The van der Waals surface area contributed by atoms with Crippen LogP contribution in [0.25, 0.3) is 16.7 Å². The van der Waals surface area contributed by atoms with Crippen LogP contribution in [0.1, 0.15) is 32.4 Å². The van der Waals surface area contributed by atoms with Gasteiger partial charge in [-0.25, -0.2) is 9.67 Å². The summed E-state index contributed by atoms with van der Waals surface area (Å²) in [7, 11) is 1.72. The minimum Gasteiger partial charge on any atom is -0.342 e. The summed E-state index contributed by atoms with van der Waals surface area (Å²) in [6.45, 7) is 7.67. The van der Waals surface area contributed by atoms with Crippen LogP contribution in [0, 0.1) is 6.92 Å². The van der Waals surface area contributed by atoms with Gasteiger partial charge in [-0.3, -0.25) is 9.36 Å². The Morgan fingerprint density at radius 2 is 1.64 bits per heavy atom. The van der Waals surface area contributed by atoms with Crippen LogP contribution in [-0.2, 0) is 7.05 Å². The molecule has 6 nitrogen and oxygen atoms in total. The zero-order valence-electron chi connectivity index (χ0n) is 16.3. The molecule has 3 rings (SSSR count). The molecule has 0 atom stereocenters. The van der Waals surface area contributed by atoms with Crippen molar-refractivity contribution in [2.45, 2.75) is 33.6 Å². The van der Waals surface area contributed by atoms with Gasteiger partial charge in [-0.1, -0.05) is 48.7 Å². The van der Waals surface area contributed by atoms with Gasteiger partial charge in [-0.05, 0) is 31.9 Å². The number of halogens is 3. The summed E-state index contributed by atoms with van der Waals surface area (Å²) in [4.78, 5) is 20.2. The summed E-state index contributed by atoms with van der Waals surface area (Å²) >= 11 is 18.8. The smallest absolute Gasteiger partial charge is 0.281 e. The number of anilines is 1. The molecule has 1 aromatic carbocycles. The first kappa shape index (κ1) is 21.0. The van der Waals surface area contributed by atoms with Crippen LogP contribution >= 0.6 is 34.8 Å². The minimum absolute atomic E-state index is 0.208. The van der Waals surface area contributed by atoms with Crippen molar-refractivity contribution in [3.8, 4) is 5.69 Å². The summed E-state index contributed by atoms with van der Waals surface area (Å²) < 4.78 is 3.03. The largest absolute Gasteiger partial charge is 0.342 e. The van der Waals surface area contributed by atoms with E-state index < -0.39 is 0 Å². The van der Waals surface area contributed by atoms with E-state index in [1.54, 1.807) is 23.7 Å². The van der Waals surface area contributed by atoms with Crippen molar-refractivity contribution in [1.82, 2.24) is 19.3 Å². The van der Waals surface area contributed by atoms with E-state index in [9.17, 15) is 4.79 Å². The number of hydrogen-bond donors (Lipinski definition) is 0. The molecule has 28 heavy (non-hydrogen) atoms. The van der Waals surface area contributed by atoms with E-state index in [1.165, 1.54) is 4.68 Å². The molecule has 0 unspecified atom stereocenters. The molecule has 0 fully saturated rings. The molecule has 0 saturated heterocycles. The van der Waals surface area contributed by atoms with Gasteiger partial charge in [-0.15, -0.1) is 0 Å². The summed E-state index contributed by atoms with van der Waals surface area (Å²) in [5.41, 5.74) is 1.71. The van der Waals surface area contributed by atoms with Crippen LogP contribution < -0.4 is 10.5 Å². The zero-order valence-corrected chi connectivity index (χ0v) is 18.5. The molecule has 0 N–H and O–H groups in total. The first-order chi connectivity index (χ1) is 13.3. The molecule has 2 heterocycles. The number of nitrogens with zero attached hydrogens (tertiary/aromatic N) is 5. The van der Waals surface area contributed by atoms with Crippen molar-refractivity contribution >= 4 is 51.8 Å². The molecule has 2 aromatic heterocycles. The Morgan fingerprint density at radius 1 is 1.07 bits per heavy atom. The molecule has 0 radical (unpaired) electrons. The van der Waals surface area contributed by atoms with Crippen LogP contribution in [0.4, 0.5) is 5.95 Å². The predicted molar refractivity (Wildman–Crippen MR) is 117 cm³/mol. The van der Waals surface area contributed by atoms with Gasteiger partial charge in [0.25, 0.3) is 5.56 Å². The Labute approximate surface area is 178 Å². The highest BCUT2D eigenvalue weighted by Gasteiger charge is 2.22. The van der Waals surface area contributed by atoms with Crippen LogP contribution in [0.2, 0.25) is 15.1 Å². The lowest BCUT2D eigenvalue weighted by atomic mass is 10.3. The van der Waals surface area contributed by atoms with E-state index in [4.69, 9.17) is 39.8 Å². The first-order valence-electron chi connectivity index (χ1n) is 9.16. The van der Waals surface area contributed by atoms with Gasteiger partial charge in [0.1, 0.15) is 11.2 Å². The van der Waals surface area contributed by atoms with E-state index in [0.29, 0.717) is 43.4 Å². The van der Waals surface area contributed by atoms with Crippen LogP contribution in [0.15, 0.2) is 16.9 Å². The Kier molecular flexibility index (Phi) is 6.22. The minimum atomic E-state index is -0.208. The average Bonchev–Trinajstić information content (AvgIpc) is 2.93. The van der Waals surface area contributed by atoms with Gasteiger partial charge in [0.05, 0.1) is 15.7 Å². The molecule has 0 spiro atoms. The third-order valence-corrected chi connectivity index (χ3v) is 5.31. The van der Waals surface area contributed by atoms with Gasteiger partial charge in [0, 0.05) is 25.2 Å². The highest BCUT2D eigenvalue weighted by atomic mass is 35.5. The fourth-order valence-corrected chi connectivity index (χ4v) is 4.28. The van der Waals surface area contributed by atoms with Crippen molar-refractivity contribution in [1.29, 1.82) is 0 Å². The van der Waals surface area contributed by atoms with Crippen molar-refractivity contribution in [2.24, 2.45) is 7.05 Å². The molecule has 3 aromatic rings. The van der Waals surface area contributed by atoms with Crippen LogP contribution in [0.3, 0.4) is 0 Å². The monoisotopic (exact) mass is 441 g/mol. The molecule has 0 amide bonds. The van der Waals surface area contributed by atoms with Crippen LogP contribution in [0.5, 0.6) is 0 Å². The van der Waals surface area contributed by atoms with E-state index in [0.717, 1.165) is 25.9 Å². The fourth-order valence-electron chi connectivity index (χ4n) is 3.30. The van der Waals surface area contributed by atoms with E-state index in [-0.39, 0.29) is 5.56 Å². The molecular weight excluding hydrogens is 421 g/mol. The first-order valence-corrected chi connectivity index (χ1v) is 10.3. The average molecular weight is 443 g/mol. The van der Waals surface area contributed by atoms with Gasteiger partial charge in [0.2, 0.25) is 5.95 Å². The molecular formula is C19H22Cl3N5O. The second-order valence-electron chi connectivity index (χ2n) is 6.68. The van der Waals surface area contributed by atoms with Gasteiger partial charge >= 0.3 is 0 Å². The predicted octanol–water partition coefficient (Wildman–Crippen LogP) is 5.01. The molecule has 0 bridgehead atoms. The maximum atomic E-state index is 13.3. The van der Waals surface area contributed by atoms with Gasteiger partial charge in [0.15, 0.2) is 5.52 Å². The standard InChI is InChI=1S/C19H22Cl3N5O/c1-5-7-26(8-6-2)19-23-15-11(3)24-27(17(15)18(28)25(19)4)16-13(21)9-12(20)10-14(16)22/h9-10H,5-8H2,1-4H3. The zero-order chi connectivity index (χ0) is 20.6. The fraction of sp³-hybridized carbons (Fsp3) is 0.421. The lowest BCUT2D eigenvalue weighted by Gasteiger charge is -2.24. The molecule has 150 valence electrons. The van der Waals surface area contributed by atoms with Gasteiger partial charge in [-0.2, -0.15) is 5.10 Å². The SMILES string of the molecule is CCCN(CCC)c1nc2c(C)nn(-c3c(Cl)cc(Cl)cc3Cl)c2c(=O)n1C. The maximum Gasteiger partial charge on any atom is 0.281 e. The Hall–Kier alpha value is -1.76. The van der Waals surface area contributed by atoms with Crippen molar-refractivity contribution in [3.63, 3.8) is 0 Å². The molecule has 9 heteroatoms. The Morgan fingerprint density at radius 3 is 2.18 bits per heavy atom. The van der Waals surface area contributed by atoms with Crippen LogP contribution in [-0.4, -0.2) is 32.4 Å². The number of aromatic nitrogens is 4. The highest BCUT2D eigenvalue weighted by molar-refractivity contribution is 6.40. The lowest BCUT2D eigenvalue weighted by molar-refractivity contribution is 0.684. The number of rotatable bonds is 6. The normalized spacial score (nSPS) is 11.4. The molecule has 0 saturated carbocycles. The summed E-state index contributed by atoms with van der Waals surface area (Å²) in [5.74, 6) is 0.636. The maximum absolute atomic E-state index is 13.3. The molecule has 0 aliphatic heterocycles. The molecule has 0 aliphatic rings. The lowest BCUT2D eigenvalue weighted by Crippen LogP contribution is -2.33. The quantitative estimate of drug-likeness (QED) is 0.538. The number of fused-ring (bicyclic) bond motifs is 1. The topological polar surface area (TPSA) is 56.0 Å². The van der Waals surface area contributed by atoms with Crippen molar-refractivity contribution in [2.75, 3.05) is 18.0 Å². The third-order valence-electron chi connectivity index (χ3n) is 4.51. The Bertz CT molecular complexity index is 1060. The third kappa shape index (κ3) is 3.61. The number of benzene rings is 1. The summed E-state index contributed by atoms with van der Waals surface area (Å²) in [6, 6.07) is 3.15. The second-order valence-corrected chi connectivity index (χ2v) is 7.93. The van der Waals surface area contributed by atoms with E-state index in [1.807, 2.05) is 6.92 Å².